The summed E-state index contributed by atoms with van der Waals surface area (Å²) in [7, 11) is 0. The normalized spacial score (nSPS) is 10.8. The second-order valence-corrected chi connectivity index (χ2v) is 6.15. The number of halogens is 1. The van der Waals surface area contributed by atoms with E-state index in [9.17, 15) is 0 Å². The average molecular weight is 332 g/mol. The number of thioether (sulfide) groups is 1. The summed E-state index contributed by atoms with van der Waals surface area (Å²) in [5.41, 5.74) is 3.19. The van der Waals surface area contributed by atoms with Crippen LogP contribution in [0.3, 0.4) is 0 Å². The van der Waals surface area contributed by atoms with Gasteiger partial charge in [-0.3, -0.25) is 0 Å². The van der Waals surface area contributed by atoms with Crippen LogP contribution in [-0.2, 0) is 5.75 Å². The molecule has 0 spiro atoms. The number of aromatic nitrogens is 4. The maximum atomic E-state index is 6.10. The highest BCUT2D eigenvalue weighted by molar-refractivity contribution is 7.98. The second kappa shape index (κ2) is 6.37. The summed E-state index contributed by atoms with van der Waals surface area (Å²) in [6.45, 7) is 2.04. The summed E-state index contributed by atoms with van der Waals surface area (Å²) in [6.07, 6.45) is 1.74. The number of hydrogen-bond donors (Lipinski definition) is 1. The highest BCUT2D eigenvalue weighted by Gasteiger charge is 2.12. The maximum absolute atomic E-state index is 6.10. The van der Waals surface area contributed by atoms with Crippen molar-refractivity contribution in [2.24, 2.45) is 0 Å². The van der Waals surface area contributed by atoms with Crippen LogP contribution >= 0.6 is 23.4 Å². The van der Waals surface area contributed by atoms with Gasteiger partial charge >= 0.3 is 0 Å². The van der Waals surface area contributed by atoms with Gasteiger partial charge in [0.25, 0.3) is 0 Å². The van der Waals surface area contributed by atoms with E-state index in [1.54, 1.807) is 12.3 Å². The third-order valence-electron chi connectivity index (χ3n) is 3.13. The largest absolute Gasteiger partial charge is 0.335 e. The average Bonchev–Trinajstić information content (AvgIpc) is 2.89. The third-order valence-corrected chi connectivity index (χ3v) is 4.37. The van der Waals surface area contributed by atoms with E-state index < -0.39 is 0 Å². The zero-order valence-electron chi connectivity index (χ0n) is 11.9. The molecule has 0 amide bonds. The molecule has 0 saturated heterocycles. The molecule has 112 valence electrons. The first kappa shape index (κ1) is 14.9. The van der Waals surface area contributed by atoms with Crippen molar-refractivity contribution in [3.8, 4) is 11.4 Å². The topological polar surface area (TPSA) is 69.6 Å². The molecule has 3 aromatic rings. The Labute approximate surface area is 137 Å². The van der Waals surface area contributed by atoms with Crippen molar-refractivity contribution >= 4 is 23.4 Å². The Kier molecular flexibility index (Phi) is 4.31. The van der Waals surface area contributed by atoms with Gasteiger partial charge in [0.15, 0.2) is 5.82 Å². The highest BCUT2D eigenvalue weighted by atomic mass is 35.5. The molecule has 0 fully saturated rings. The molecule has 0 aliphatic rings. The molecule has 2 heterocycles. The lowest BCUT2D eigenvalue weighted by molar-refractivity contribution is 0.849. The zero-order valence-corrected chi connectivity index (χ0v) is 13.5. The number of pyridine rings is 1. The van der Waals surface area contributed by atoms with Gasteiger partial charge in [-0.25, -0.2) is 9.66 Å². The minimum absolute atomic E-state index is 0.484. The van der Waals surface area contributed by atoms with Crippen molar-refractivity contribution < 1.29 is 0 Å². The van der Waals surface area contributed by atoms with Gasteiger partial charge in [-0.2, -0.15) is 0 Å². The fraction of sp³-hybridized carbons (Fsp3) is 0.133. The fourth-order valence-electron chi connectivity index (χ4n) is 1.91. The van der Waals surface area contributed by atoms with E-state index in [4.69, 9.17) is 17.4 Å². The first-order valence-electron chi connectivity index (χ1n) is 6.64. The van der Waals surface area contributed by atoms with E-state index in [1.807, 2.05) is 37.3 Å². The van der Waals surface area contributed by atoms with Crippen LogP contribution in [-0.4, -0.2) is 19.9 Å². The van der Waals surface area contributed by atoms with Crippen LogP contribution in [0.15, 0.2) is 47.8 Å². The summed E-state index contributed by atoms with van der Waals surface area (Å²) in [4.78, 5) is 4.05. The summed E-state index contributed by atoms with van der Waals surface area (Å²) >= 11 is 7.28. The molecule has 5 nitrogen and oxygen atoms in total. The predicted octanol–water partition coefficient (Wildman–Crippen LogP) is 3.31. The van der Waals surface area contributed by atoms with Crippen molar-refractivity contribution in [2.75, 3.05) is 5.84 Å². The lowest BCUT2D eigenvalue weighted by atomic mass is 10.1. The fourth-order valence-corrected chi connectivity index (χ4v) is 2.82. The number of benzene rings is 1. The number of nitrogens with two attached hydrogens (primary N) is 1. The number of aryl methyl sites for hydroxylation is 1. The molecule has 0 atom stereocenters. The smallest absolute Gasteiger partial charge is 0.210 e. The quantitative estimate of drug-likeness (QED) is 0.451. The van der Waals surface area contributed by atoms with Crippen molar-refractivity contribution in [1.29, 1.82) is 0 Å². The number of hydrogen-bond acceptors (Lipinski definition) is 5. The van der Waals surface area contributed by atoms with E-state index in [-0.39, 0.29) is 0 Å². The molecule has 0 aliphatic heterocycles. The van der Waals surface area contributed by atoms with Crippen molar-refractivity contribution in [2.45, 2.75) is 17.8 Å². The van der Waals surface area contributed by atoms with E-state index in [2.05, 4.69) is 15.2 Å². The van der Waals surface area contributed by atoms with Gasteiger partial charge in [-0.15, -0.1) is 10.2 Å². The standard InChI is InChI=1S/C15H14ClN5S/c1-10-2-5-12(6-3-10)14-19-20-15(21(14)17)22-9-11-4-7-13(16)18-8-11/h2-8H,9,17H2,1H3. The van der Waals surface area contributed by atoms with Crippen LogP contribution in [0, 0.1) is 6.92 Å². The summed E-state index contributed by atoms with van der Waals surface area (Å²) < 4.78 is 1.51. The maximum Gasteiger partial charge on any atom is 0.210 e. The van der Waals surface area contributed by atoms with Gasteiger partial charge in [0, 0.05) is 17.5 Å². The Morgan fingerprint density at radius 1 is 1.14 bits per heavy atom. The van der Waals surface area contributed by atoms with Gasteiger partial charge in [0.2, 0.25) is 5.16 Å². The van der Waals surface area contributed by atoms with Gasteiger partial charge < -0.3 is 5.84 Å². The lowest BCUT2D eigenvalue weighted by Crippen LogP contribution is -2.11. The number of rotatable bonds is 4. The molecule has 0 saturated carbocycles. The predicted molar refractivity (Wildman–Crippen MR) is 89.2 cm³/mol. The first-order chi connectivity index (χ1) is 10.6. The molecule has 1 aromatic carbocycles. The van der Waals surface area contributed by atoms with Crippen molar-refractivity contribution in [3.05, 3.63) is 58.9 Å². The van der Waals surface area contributed by atoms with Crippen LogP contribution in [0.2, 0.25) is 5.15 Å². The van der Waals surface area contributed by atoms with E-state index >= 15 is 0 Å². The zero-order chi connectivity index (χ0) is 15.5. The first-order valence-corrected chi connectivity index (χ1v) is 8.00. The van der Waals surface area contributed by atoms with Crippen LogP contribution in [0.1, 0.15) is 11.1 Å². The van der Waals surface area contributed by atoms with E-state index in [1.165, 1.54) is 22.0 Å². The minimum atomic E-state index is 0.484. The van der Waals surface area contributed by atoms with Crippen molar-refractivity contribution in [1.82, 2.24) is 19.9 Å². The molecule has 0 radical (unpaired) electrons. The minimum Gasteiger partial charge on any atom is -0.335 e. The van der Waals surface area contributed by atoms with Gasteiger partial charge in [0.05, 0.1) is 0 Å². The van der Waals surface area contributed by atoms with Gasteiger partial charge in [-0.05, 0) is 18.6 Å². The van der Waals surface area contributed by atoms with E-state index in [0.717, 1.165) is 11.1 Å². The monoisotopic (exact) mass is 331 g/mol. The van der Waals surface area contributed by atoms with Gasteiger partial charge in [-0.1, -0.05) is 59.3 Å². The molecular formula is C15H14ClN5S. The molecular weight excluding hydrogens is 318 g/mol. The molecule has 2 aromatic heterocycles. The molecule has 0 bridgehead atoms. The Bertz CT molecular complexity index is 768. The molecule has 22 heavy (non-hydrogen) atoms. The summed E-state index contributed by atoms with van der Waals surface area (Å²) in [5.74, 6) is 7.45. The van der Waals surface area contributed by atoms with E-state index in [0.29, 0.717) is 21.9 Å². The summed E-state index contributed by atoms with van der Waals surface area (Å²) in [6, 6.07) is 11.7. The second-order valence-electron chi connectivity index (χ2n) is 4.82. The van der Waals surface area contributed by atoms with Gasteiger partial charge in [0.1, 0.15) is 5.15 Å². The Hall–Kier alpha value is -2.05. The molecule has 7 heteroatoms. The van der Waals surface area contributed by atoms with Crippen LogP contribution in [0.25, 0.3) is 11.4 Å². The molecule has 0 aliphatic carbocycles. The molecule has 3 rings (SSSR count). The van der Waals surface area contributed by atoms with Crippen LogP contribution in [0.4, 0.5) is 0 Å². The number of nitrogen functional groups attached to an aromatic ring is 1. The molecule has 2 N–H and O–H groups in total. The highest BCUT2D eigenvalue weighted by Crippen LogP contribution is 2.24. The number of nitrogens with zero attached hydrogens (tertiary/aromatic N) is 4. The Morgan fingerprint density at radius 3 is 2.59 bits per heavy atom. The Balaban J connectivity index is 1.75. The third kappa shape index (κ3) is 3.23. The van der Waals surface area contributed by atoms with Crippen LogP contribution < -0.4 is 5.84 Å². The molecule has 0 unspecified atom stereocenters. The lowest BCUT2D eigenvalue weighted by Gasteiger charge is -2.04. The van der Waals surface area contributed by atoms with Crippen LogP contribution in [0.5, 0.6) is 0 Å². The van der Waals surface area contributed by atoms with Crippen molar-refractivity contribution in [3.63, 3.8) is 0 Å². The summed E-state index contributed by atoms with van der Waals surface area (Å²) in [5, 5.41) is 9.47. The SMILES string of the molecule is Cc1ccc(-c2nnc(SCc3ccc(Cl)nc3)n2N)cc1. The Morgan fingerprint density at radius 2 is 1.91 bits per heavy atom.